The van der Waals surface area contributed by atoms with Crippen molar-refractivity contribution in [1.29, 1.82) is 0 Å². The first kappa shape index (κ1) is 24.8. The zero-order valence-corrected chi connectivity index (χ0v) is 21.1. The minimum absolute atomic E-state index is 0.0482. The van der Waals surface area contributed by atoms with Crippen molar-refractivity contribution in [3.05, 3.63) is 41.0 Å². The van der Waals surface area contributed by atoms with Gasteiger partial charge in [0.2, 0.25) is 12.5 Å². The Morgan fingerprint density at radius 1 is 1.00 bits per heavy atom. The van der Waals surface area contributed by atoms with E-state index in [9.17, 15) is 19.8 Å². The molecule has 2 N–H and O–H groups in total. The van der Waals surface area contributed by atoms with Crippen LogP contribution in [0, 0.1) is 11.8 Å². The molecule has 1 saturated heterocycles. The lowest BCUT2D eigenvalue weighted by molar-refractivity contribution is -0.143. The number of rotatable bonds is 7. The number of carbonyl (C=O) groups is 2. The van der Waals surface area contributed by atoms with Crippen molar-refractivity contribution < 1.29 is 43.5 Å². The summed E-state index contributed by atoms with van der Waals surface area (Å²) in [4.78, 5) is 29.0. The molecular formula is C26H30N2O9. The second-order valence-corrected chi connectivity index (χ2v) is 9.63. The normalized spacial score (nSPS) is 23.3. The largest absolute Gasteiger partial charge is 0.502 e. The lowest BCUT2D eigenvalue weighted by Gasteiger charge is -2.43. The van der Waals surface area contributed by atoms with Crippen molar-refractivity contribution in [2.75, 3.05) is 54.8 Å². The van der Waals surface area contributed by atoms with Crippen molar-refractivity contribution >= 4 is 12.1 Å². The molecule has 1 fully saturated rings. The molecule has 0 saturated carbocycles. The highest BCUT2D eigenvalue weighted by molar-refractivity contribution is 5.79. The van der Waals surface area contributed by atoms with Gasteiger partial charge in [0.1, 0.15) is 0 Å². The van der Waals surface area contributed by atoms with E-state index in [2.05, 4.69) is 0 Å². The quantitative estimate of drug-likeness (QED) is 0.533. The molecule has 2 aromatic rings. The van der Waals surface area contributed by atoms with E-state index in [4.69, 9.17) is 23.7 Å². The van der Waals surface area contributed by atoms with Crippen LogP contribution in [0.1, 0.15) is 28.7 Å². The summed E-state index contributed by atoms with van der Waals surface area (Å²) in [5.74, 6) is -0.637. The van der Waals surface area contributed by atoms with Gasteiger partial charge in [-0.15, -0.1) is 0 Å². The molecule has 11 nitrogen and oxygen atoms in total. The number of aromatic hydroxyl groups is 1. The molecule has 5 rings (SSSR count). The summed E-state index contributed by atoms with van der Waals surface area (Å²) in [6.07, 6.45) is -1.12. The van der Waals surface area contributed by atoms with Crippen LogP contribution in [-0.2, 0) is 9.53 Å². The zero-order chi connectivity index (χ0) is 26.4. The van der Waals surface area contributed by atoms with Crippen molar-refractivity contribution in [1.82, 2.24) is 9.80 Å². The molecule has 1 aliphatic carbocycles. The molecule has 2 heterocycles. The molecule has 4 unspecified atom stereocenters. The average molecular weight is 515 g/mol. The van der Waals surface area contributed by atoms with Gasteiger partial charge in [-0.25, -0.2) is 4.79 Å². The van der Waals surface area contributed by atoms with E-state index >= 15 is 0 Å². The number of nitrogens with zero attached hydrogens (tertiary/aromatic N) is 2. The summed E-state index contributed by atoms with van der Waals surface area (Å²) in [7, 11) is 6.62. The van der Waals surface area contributed by atoms with E-state index in [-0.39, 0.29) is 43.1 Å². The first-order valence-electron chi connectivity index (χ1n) is 11.9. The second-order valence-electron chi connectivity index (χ2n) is 9.63. The Bertz CT molecular complexity index is 1210. The smallest absolute Gasteiger partial charge is 0.407 e. The van der Waals surface area contributed by atoms with Gasteiger partial charge in [-0.1, -0.05) is 0 Å². The third-order valence-corrected chi connectivity index (χ3v) is 7.38. The number of hydrogen-bond acceptors (Lipinski definition) is 9. The maximum absolute atomic E-state index is 13.2. The molecule has 0 spiro atoms. The van der Waals surface area contributed by atoms with Gasteiger partial charge in [-0.3, -0.25) is 9.69 Å². The van der Waals surface area contributed by atoms with E-state index in [0.717, 1.165) is 11.1 Å². The van der Waals surface area contributed by atoms with Gasteiger partial charge in [0, 0.05) is 24.9 Å². The summed E-state index contributed by atoms with van der Waals surface area (Å²) in [5, 5.41) is 20.8. The van der Waals surface area contributed by atoms with E-state index in [1.54, 1.807) is 18.2 Å². The van der Waals surface area contributed by atoms with Crippen LogP contribution in [0.5, 0.6) is 28.7 Å². The number of methoxy groups -OCH3 is 2. The number of ether oxygens (including phenoxy) is 5. The van der Waals surface area contributed by atoms with Crippen LogP contribution in [-0.4, -0.2) is 86.9 Å². The number of phenols is 1. The number of esters is 1. The zero-order valence-electron chi connectivity index (χ0n) is 21.1. The number of likely N-dealkylation sites (N-methyl/N-ethyl adjacent to an activating group) is 1. The predicted molar refractivity (Wildman–Crippen MR) is 130 cm³/mol. The van der Waals surface area contributed by atoms with Crippen LogP contribution in [0.4, 0.5) is 4.79 Å². The van der Waals surface area contributed by atoms with Gasteiger partial charge in [0.05, 0.1) is 32.8 Å². The molecule has 3 aliphatic rings. The number of cyclic esters (lactones) is 1. The van der Waals surface area contributed by atoms with Gasteiger partial charge in [-0.05, 0) is 55.1 Å². The fraction of sp³-hybridized carbons (Fsp3) is 0.462. The summed E-state index contributed by atoms with van der Waals surface area (Å²) >= 11 is 0. The highest BCUT2D eigenvalue weighted by Crippen LogP contribution is 2.56. The van der Waals surface area contributed by atoms with Gasteiger partial charge in [0.15, 0.2) is 23.0 Å². The average Bonchev–Trinajstić information content (AvgIpc) is 3.48. The number of benzene rings is 2. The fourth-order valence-corrected chi connectivity index (χ4v) is 5.69. The number of hydrogen-bond donors (Lipinski definition) is 2. The summed E-state index contributed by atoms with van der Waals surface area (Å²) in [6.45, 7) is 0.839. The van der Waals surface area contributed by atoms with Gasteiger partial charge in [0.25, 0.3) is 0 Å². The number of amides is 1. The third kappa shape index (κ3) is 4.12. The number of carboxylic acid groups (broad SMARTS) is 1. The second kappa shape index (κ2) is 9.55. The molecule has 37 heavy (non-hydrogen) atoms. The highest BCUT2D eigenvalue weighted by Gasteiger charge is 2.55. The monoisotopic (exact) mass is 514 g/mol. The third-order valence-electron chi connectivity index (χ3n) is 7.38. The Morgan fingerprint density at radius 2 is 1.62 bits per heavy atom. The van der Waals surface area contributed by atoms with Gasteiger partial charge < -0.3 is 38.8 Å². The molecule has 198 valence electrons. The number of fused-ring (bicyclic) bond motifs is 3. The Kier molecular flexibility index (Phi) is 6.40. The van der Waals surface area contributed by atoms with E-state index in [0.29, 0.717) is 23.6 Å². The Labute approximate surface area is 214 Å². The SMILES string of the molecule is COc1cc(C2c3cc4c(cc3C(N(CCN(C)C)C(=O)O)C3C(=O)OCC23)OCO4)cc(OC)c1O. The van der Waals surface area contributed by atoms with Crippen LogP contribution in [0.3, 0.4) is 0 Å². The minimum Gasteiger partial charge on any atom is -0.502 e. The van der Waals surface area contributed by atoms with Crippen molar-refractivity contribution in [3.63, 3.8) is 0 Å². The van der Waals surface area contributed by atoms with E-state index in [1.807, 2.05) is 25.1 Å². The summed E-state index contributed by atoms with van der Waals surface area (Å²) in [6, 6.07) is 6.26. The van der Waals surface area contributed by atoms with Crippen molar-refractivity contribution in [2.45, 2.75) is 12.0 Å². The first-order chi connectivity index (χ1) is 17.7. The minimum atomic E-state index is -1.12. The summed E-state index contributed by atoms with van der Waals surface area (Å²) in [5.41, 5.74) is 2.18. The summed E-state index contributed by atoms with van der Waals surface area (Å²) < 4.78 is 27.7. The highest BCUT2D eigenvalue weighted by atomic mass is 16.7. The molecule has 2 aromatic carbocycles. The fourth-order valence-electron chi connectivity index (χ4n) is 5.69. The molecule has 4 atom stereocenters. The maximum atomic E-state index is 13.2. The number of carbonyl (C=O) groups excluding carboxylic acids is 1. The predicted octanol–water partition coefficient (Wildman–Crippen LogP) is 2.66. The molecule has 0 radical (unpaired) electrons. The van der Waals surface area contributed by atoms with Crippen molar-refractivity contribution in [3.8, 4) is 28.7 Å². The van der Waals surface area contributed by atoms with Gasteiger partial charge >= 0.3 is 12.1 Å². The molecule has 11 heteroatoms. The van der Waals surface area contributed by atoms with Crippen LogP contribution < -0.4 is 18.9 Å². The van der Waals surface area contributed by atoms with Crippen LogP contribution in [0.25, 0.3) is 0 Å². The van der Waals surface area contributed by atoms with E-state index in [1.165, 1.54) is 19.1 Å². The van der Waals surface area contributed by atoms with Crippen LogP contribution in [0.2, 0.25) is 0 Å². The molecular weight excluding hydrogens is 484 g/mol. The van der Waals surface area contributed by atoms with Crippen molar-refractivity contribution in [2.24, 2.45) is 11.8 Å². The standard InChI is InChI=1S/C26H30N2O9/c1-27(2)5-6-28(26(31)32)23-15-10-18-17(36-12-37-18)9-14(15)21(16-11-35-25(30)22(16)23)13-7-19(33-3)24(29)20(8-13)34-4/h7-10,16,21-23,29H,5-6,11-12H2,1-4H3,(H,31,32). The topological polar surface area (TPSA) is 127 Å². The van der Waals surface area contributed by atoms with Crippen LogP contribution >= 0.6 is 0 Å². The lowest BCUT2D eigenvalue weighted by atomic mass is 9.65. The van der Waals surface area contributed by atoms with Crippen LogP contribution in [0.15, 0.2) is 24.3 Å². The van der Waals surface area contributed by atoms with Gasteiger partial charge in [-0.2, -0.15) is 0 Å². The Balaban J connectivity index is 1.73. The molecule has 1 amide bonds. The number of phenolic OH excluding ortho intramolecular Hbond substituents is 1. The Hall–Kier alpha value is -3.86. The first-order valence-corrected chi connectivity index (χ1v) is 11.9. The maximum Gasteiger partial charge on any atom is 0.407 e. The van der Waals surface area contributed by atoms with E-state index < -0.39 is 29.9 Å². The Morgan fingerprint density at radius 3 is 2.19 bits per heavy atom. The lowest BCUT2D eigenvalue weighted by Crippen LogP contribution is -2.47. The molecule has 0 bridgehead atoms. The molecule has 0 aromatic heterocycles. The molecule has 2 aliphatic heterocycles.